The topological polar surface area (TPSA) is 47.0 Å². The van der Waals surface area contributed by atoms with Gasteiger partial charge in [0.2, 0.25) is 0 Å². The zero-order valence-corrected chi connectivity index (χ0v) is 11.0. The van der Waals surface area contributed by atoms with E-state index in [0.29, 0.717) is 5.41 Å². The number of nitrogens with one attached hydrogen (secondary N) is 1. The Morgan fingerprint density at radius 1 is 1.33 bits per heavy atom. The van der Waals surface area contributed by atoms with Crippen LogP contribution >= 0.6 is 0 Å². The van der Waals surface area contributed by atoms with Gasteiger partial charge in [-0.25, -0.2) is 9.97 Å². The number of hydrogen-bond donors (Lipinski definition) is 1. The lowest BCUT2D eigenvalue weighted by molar-refractivity contribution is 0.175. The number of fused-ring (bicyclic) bond motifs is 1. The molecule has 3 rings (SSSR count). The van der Waals surface area contributed by atoms with Crippen molar-refractivity contribution < 1.29 is 4.74 Å². The molecule has 0 aliphatic heterocycles. The number of aryl methyl sites for hydroxylation is 1. The molecule has 0 atom stereocenters. The Kier molecular flexibility index (Phi) is 3.20. The van der Waals surface area contributed by atoms with Gasteiger partial charge < -0.3 is 10.1 Å². The van der Waals surface area contributed by atoms with Gasteiger partial charge in [-0.3, -0.25) is 0 Å². The highest BCUT2D eigenvalue weighted by atomic mass is 16.5. The third-order valence-corrected chi connectivity index (χ3v) is 4.30. The van der Waals surface area contributed by atoms with Crippen molar-refractivity contribution in [2.75, 3.05) is 25.6 Å². The first kappa shape index (κ1) is 11.9. The Morgan fingerprint density at radius 3 is 3.00 bits per heavy atom. The molecule has 0 saturated heterocycles. The first-order valence-electron chi connectivity index (χ1n) is 6.89. The summed E-state index contributed by atoms with van der Waals surface area (Å²) in [6.07, 6.45) is 8.95. The average molecular weight is 247 g/mol. The number of rotatable bonds is 6. The maximum atomic E-state index is 5.19. The van der Waals surface area contributed by atoms with E-state index >= 15 is 0 Å². The molecule has 0 spiro atoms. The standard InChI is InChI=1S/C14H21N3O/c1-18-8-7-14(5-6-14)9-15-13-11-3-2-4-12(11)16-10-17-13/h10H,2-9H2,1H3,(H,15,16,17). The van der Waals surface area contributed by atoms with Gasteiger partial charge in [-0.05, 0) is 43.9 Å². The van der Waals surface area contributed by atoms with Crippen LogP contribution in [0.15, 0.2) is 6.33 Å². The number of methoxy groups -OCH3 is 1. The zero-order chi connectivity index (χ0) is 12.4. The third-order valence-electron chi connectivity index (χ3n) is 4.30. The molecule has 1 aromatic rings. The summed E-state index contributed by atoms with van der Waals surface area (Å²) in [4.78, 5) is 8.77. The summed E-state index contributed by atoms with van der Waals surface area (Å²) >= 11 is 0. The van der Waals surface area contributed by atoms with Crippen molar-refractivity contribution >= 4 is 5.82 Å². The van der Waals surface area contributed by atoms with Gasteiger partial charge in [0.1, 0.15) is 12.1 Å². The highest BCUT2D eigenvalue weighted by Crippen LogP contribution is 2.48. The molecule has 0 radical (unpaired) electrons. The Morgan fingerprint density at radius 2 is 2.22 bits per heavy atom. The number of ether oxygens (including phenoxy) is 1. The lowest BCUT2D eigenvalue weighted by atomic mass is 10.0. The Balaban J connectivity index is 1.62. The SMILES string of the molecule is COCCC1(CNc2ncnc3c2CCC3)CC1. The van der Waals surface area contributed by atoms with Crippen LogP contribution in [0.2, 0.25) is 0 Å². The smallest absolute Gasteiger partial charge is 0.132 e. The van der Waals surface area contributed by atoms with Crippen molar-refractivity contribution in [2.24, 2.45) is 5.41 Å². The minimum atomic E-state index is 0.465. The van der Waals surface area contributed by atoms with Gasteiger partial charge in [0, 0.05) is 31.5 Å². The second-order valence-corrected chi connectivity index (χ2v) is 5.60. The van der Waals surface area contributed by atoms with Crippen LogP contribution < -0.4 is 5.32 Å². The van der Waals surface area contributed by atoms with Crippen molar-refractivity contribution in [2.45, 2.75) is 38.5 Å². The van der Waals surface area contributed by atoms with Gasteiger partial charge in [0.15, 0.2) is 0 Å². The molecule has 1 saturated carbocycles. The summed E-state index contributed by atoms with van der Waals surface area (Å²) in [5, 5.41) is 3.55. The molecule has 1 fully saturated rings. The average Bonchev–Trinajstić information content (AvgIpc) is 3.00. The Labute approximate surface area is 108 Å². The van der Waals surface area contributed by atoms with Crippen LogP contribution in [0.3, 0.4) is 0 Å². The number of aromatic nitrogens is 2. The molecular formula is C14H21N3O. The normalized spacial score (nSPS) is 19.6. The van der Waals surface area contributed by atoms with Gasteiger partial charge in [0.05, 0.1) is 0 Å². The van der Waals surface area contributed by atoms with E-state index in [1.54, 1.807) is 13.4 Å². The lowest BCUT2D eigenvalue weighted by Gasteiger charge is -2.17. The van der Waals surface area contributed by atoms with Gasteiger partial charge >= 0.3 is 0 Å². The van der Waals surface area contributed by atoms with Crippen LogP contribution in [-0.2, 0) is 17.6 Å². The fourth-order valence-corrected chi connectivity index (χ4v) is 2.79. The van der Waals surface area contributed by atoms with E-state index in [9.17, 15) is 0 Å². The van der Waals surface area contributed by atoms with E-state index in [2.05, 4.69) is 15.3 Å². The van der Waals surface area contributed by atoms with Gasteiger partial charge in [-0.2, -0.15) is 0 Å². The minimum absolute atomic E-state index is 0.465. The summed E-state index contributed by atoms with van der Waals surface area (Å²) < 4.78 is 5.19. The number of nitrogens with zero attached hydrogens (tertiary/aromatic N) is 2. The van der Waals surface area contributed by atoms with Gasteiger partial charge in [-0.1, -0.05) is 0 Å². The summed E-state index contributed by atoms with van der Waals surface area (Å²) in [5.74, 6) is 1.07. The fourth-order valence-electron chi connectivity index (χ4n) is 2.79. The van der Waals surface area contributed by atoms with Crippen molar-refractivity contribution in [3.8, 4) is 0 Å². The van der Waals surface area contributed by atoms with Crippen LogP contribution in [0, 0.1) is 5.41 Å². The lowest BCUT2D eigenvalue weighted by Crippen LogP contribution is -2.18. The monoisotopic (exact) mass is 247 g/mol. The van der Waals surface area contributed by atoms with E-state index in [1.165, 1.54) is 30.5 Å². The second-order valence-electron chi connectivity index (χ2n) is 5.60. The summed E-state index contributed by atoms with van der Waals surface area (Å²) in [5.41, 5.74) is 3.06. The predicted molar refractivity (Wildman–Crippen MR) is 70.7 cm³/mol. The van der Waals surface area contributed by atoms with E-state index in [1.807, 2.05) is 0 Å². The Bertz CT molecular complexity index is 429. The highest BCUT2D eigenvalue weighted by Gasteiger charge is 2.41. The molecule has 2 aliphatic rings. The van der Waals surface area contributed by atoms with Crippen LogP contribution in [0.5, 0.6) is 0 Å². The highest BCUT2D eigenvalue weighted by molar-refractivity contribution is 5.48. The van der Waals surface area contributed by atoms with E-state index in [-0.39, 0.29) is 0 Å². The summed E-state index contributed by atoms with van der Waals surface area (Å²) in [6.45, 7) is 1.89. The van der Waals surface area contributed by atoms with Crippen LogP contribution in [0.4, 0.5) is 5.82 Å². The molecule has 1 aromatic heterocycles. The maximum absolute atomic E-state index is 5.19. The quantitative estimate of drug-likeness (QED) is 0.837. The molecule has 2 aliphatic carbocycles. The fraction of sp³-hybridized carbons (Fsp3) is 0.714. The predicted octanol–water partition coefficient (Wildman–Crippen LogP) is 2.19. The molecule has 18 heavy (non-hydrogen) atoms. The van der Waals surface area contributed by atoms with Crippen LogP contribution in [0.25, 0.3) is 0 Å². The van der Waals surface area contributed by atoms with E-state index in [0.717, 1.165) is 38.2 Å². The number of anilines is 1. The van der Waals surface area contributed by atoms with E-state index < -0.39 is 0 Å². The molecule has 0 bridgehead atoms. The zero-order valence-electron chi connectivity index (χ0n) is 11.0. The van der Waals surface area contributed by atoms with Gasteiger partial charge in [0.25, 0.3) is 0 Å². The minimum Gasteiger partial charge on any atom is -0.385 e. The van der Waals surface area contributed by atoms with Crippen LogP contribution in [0.1, 0.15) is 36.9 Å². The van der Waals surface area contributed by atoms with Crippen molar-refractivity contribution in [3.63, 3.8) is 0 Å². The molecule has 0 amide bonds. The maximum Gasteiger partial charge on any atom is 0.132 e. The molecule has 1 N–H and O–H groups in total. The summed E-state index contributed by atoms with van der Waals surface area (Å²) in [6, 6.07) is 0. The molecular weight excluding hydrogens is 226 g/mol. The van der Waals surface area contributed by atoms with Gasteiger partial charge in [-0.15, -0.1) is 0 Å². The van der Waals surface area contributed by atoms with Crippen molar-refractivity contribution in [1.82, 2.24) is 9.97 Å². The number of hydrogen-bond acceptors (Lipinski definition) is 4. The third kappa shape index (κ3) is 2.34. The van der Waals surface area contributed by atoms with Crippen molar-refractivity contribution in [3.05, 3.63) is 17.6 Å². The first-order valence-corrected chi connectivity index (χ1v) is 6.89. The largest absolute Gasteiger partial charge is 0.385 e. The molecule has 0 aromatic carbocycles. The molecule has 1 heterocycles. The molecule has 4 heteroatoms. The molecule has 0 unspecified atom stereocenters. The Hall–Kier alpha value is -1.16. The first-order chi connectivity index (χ1) is 8.83. The summed E-state index contributed by atoms with van der Waals surface area (Å²) in [7, 11) is 1.78. The van der Waals surface area contributed by atoms with Crippen LogP contribution in [-0.4, -0.2) is 30.2 Å². The van der Waals surface area contributed by atoms with E-state index in [4.69, 9.17) is 4.74 Å². The second kappa shape index (κ2) is 4.84. The molecule has 4 nitrogen and oxygen atoms in total. The molecule has 98 valence electrons. The van der Waals surface area contributed by atoms with Crippen molar-refractivity contribution in [1.29, 1.82) is 0 Å².